The van der Waals surface area contributed by atoms with Crippen molar-refractivity contribution < 1.29 is 4.79 Å². The predicted molar refractivity (Wildman–Crippen MR) is 82.7 cm³/mol. The number of imidazole rings is 1. The van der Waals surface area contributed by atoms with Crippen molar-refractivity contribution in [3.8, 4) is 6.07 Å². The molecule has 0 saturated carbocycles. The van der Waals surface area contributed by atoms with E-state index in [0.717, 1.165) is 4.57 Å². The highest BCUT2D eigenvalue weighted by Crippen LogP contribution is 2.06. The molecular formula is C14H18N6O3. The molecule has 2 rings (SSSR count). The molecule has 9 nitrogen and oxygen atoms in total. The summed E-state index contributed by atoms with van der Waals surface area (Å²) >= 11 is 0. The van der Waals surface area contributed by atoms with Gasteiger partial charge in [-0.05, 0) is 6.92 Å². The first-order chi connectivity index (χ1) is 10.9. The summed E-state index contributed by atoms with van der Waals surface area (Å²) in [5.74, 6) is -0.210. The molecule has 0 atom stereocenters. The largest absolute Gasteiger partial charge is 0.340 e. The van der Waals surface area contributed by atoms with Crippen molar-refractivity contribution in [2.45, 2.75) is 19.9 Å². The molecule has 0 aromatic carbocycles. The van der Waals surface area contributed by atoms with E-state index in [-0.39, 0.29) is 30.0 Å². The van der Waals surface area contributed by atoms with Crippen molar-refractivity contribution in [1.29, 1.82) is 5.26 Å². The van der Waals surface area contributed by atoms with Crippen molar-refractivity contribution in [3.63, 3.8) is 0 Å². The SMILES string of the molecule is CCN(CCC#N)C(=O)Cn1cnc2c1c(=O)n(C)c(=O)n2C. The minimum atomic E-state index is -0.492. The second-order valence-corrected chi connectivity index (χ2v) is 5.13. The minimum Gasteiger partial charge on any atom is -0.340 e. The molecule has 2 aromatic rings. The summed E-state index contributed by atoms with van der Waals surface area (Å²) in [5, 5.41) is 8.63. The Morgan fingerprint density at radius 1 is 1.35 bits per heavy atom. The lowest BCUT2D eigenvalue weighted by Crippen LogP contribution is -2.38. The van der Waals surface area contributed by atoms with Gasteiger partial charge in [-0.2, -0.15) is 5.26 Å². The summed E-state index contributed by atoms with van der Waals surface area (Å²) in [6.07, 6.45) is 1.63. The fourth-order valence-corrected chi connectivity index (χ4v) is 2.41. The number of nitriles is 1. The van der Waals surface area contributed by atoms with E-state index in [4.69, 9.17) is 5.26 Å². The van der Waals surface area contributed by atoms with Crippen molar-refractivity contribution in [3.05, 3.63) is 27.2 Å². The molecule has 0 bridgehead atoms. The number of rotatable bonds is 5. The van der Waals surface area contributed by atoms with Gasteiger partial charge in [0.25, 0.3) is 5.56 Å². The first kappa shape index (κ1) is 16.5. The molecular weight excluding hydrogens is 300 g/mol. The van der Waals surface area contributed by atoms with Crippen molar-refractivity contribution >= 4 is 17.1 Å². The van der Waals surface area contributed by atoms with Crippen molar-refractivity contribution in [2.75, 3.05) is 13.1 Å². The minimum absolute atomic E-state index is 0.0663. The summed E-state index contributed by atoms with van der Waals surface area (Å²) in [6, 6.07) is 2.00. The van der Waals surface area contributed by atoms with Gasteiger partial charge in [0.2, 0.25) is 5.91 Å². The standard InChI is InChI=1S/C14H18N6O3/c1-4-19(7-5-6-15)10(21)8-20-9-16-12-11(20)13(22)18(3)14(23)17(12)2/h9H,4-5,7-8H2,1-3H3. The maximum Gasteiger partial charge on any atom is 0.332 e. The molecule has 0 N–H and O–H groups in total. The summed E-state index contributed by atoms with van der Waals surface area (Å²) in [5.41, 5.74) is -0.512. The number of hydrogen-bond donors (Lipinski definition) is 0. The lowest BCUT2D eigenvalue weighted by molar-refractivity contribution is -0.131. The topological polar surface area (TPSA) is 106 Å². The highest BCUT2D eigenvalue weighted by Gasteiger charge is 2.18. The van der Waals surface area contributed by atoms with Crippen LogP contribution in [0.25, 0.3) is 11.2 Å². The number of amides is 1. The molecule has 1 amide bonds. The van der Waals surface area contributed by atoms with E-state index in [1.165, 1.54) is 29.6 Å². The van der Waals surface area contributed by atoms with Gasteiger partial charge in [0, 0.05) is 27.2 Å². The Hall–Kier alpha value is -2.89. The average Bonchev–Trinajstić information content (AvgIpc) is 2.95. The fraction of sp³-hybridized carbons (Fsp3) is 0.500. The van der Waals surface area contributed by atoms with Gasteiger partial charge >= 0.3 is 5.69 Å². The van der Waals surface area contributed by atoms with Gasteiger partial charge in [-0.1, -0.05) is 0 Å². The van der Waals surface area contributed by atoms with Crippen LogP contribution in [0.5, 0.6) is 0 Å². The molecule has 0 aliphatic rings. The van der Waals surface area contributed by atoms with E-state index in [2.05, 4.69) is 4.98 Å². The summed E-state index contributed by atoms with van der Waals surface area (Å²) in [6.45, 7) is 2.58. The first-order valence-electron chi connectivity index (χ1n) is 7.17. The second-order valence-electron chi connectivity index (χ2n) is 5.13. The summed E-state index contributed by atoms with van der Waals surface area (Å²) < 4.78 is 3.69. The Labute approximate surface area is 132 Å². The smallest absolute Gasteiger partial charge is 0.332 e. The van der Waals surface area contributed by atoms with Gasteiger partial charge in [-0.3, -0.25) is 18.7 Å². The third-order valence-corrected chi connectivity index (χ3v) is 3.75. The van der Waals surface area contributed by atoms with Gasteiger partial charge in [0.05, 0.1) is 18.8 Å². The molecule has 0 fully saturated rings. The second kappa shape index (κ2) is 6.48. The Bertz CT molecular complexity index is 898. The number of carbonyl (C=O) groups is 1. The van der Waals surface area contributed by atoms with E-state index in [1.807, 2.05) is 13.0 Å². The maximum absolute atomic E-state index is 12.3. The number of aryl methyl sites for hydroxylation is 1. The fourth-order valence-electron chi connectivity index (χ4n) is 2.41. The molecule has 122 valence electrons. The number of hydrogen-bond acceptors (Lipinski definition) is 5. The lowest BCUT2D eigenvalue weighted by atomic mass is 10.3. The Morgan fingerprint density at radius 3 is 2.65 bits per heavy atom. The van der Waals surface area contributed by atoms with E-state index in [0.29, 0.717) is 13.1 Å². The number of likely N-dealkylation sites (N-methyl/N-ethyl adjacent to an activating group) is 1. The van der Waals surface area contributed by atoms with E-state index in [9.17, 15) is 14.4 Å². The van der Waals surface area contributed by atoms with Crippen molar-refractivity contribution in [1.82, 2.24) is 23.6 Å². The molecule has 0 aliphatic heterocycles. The first-order valence-corrected chi connectivity index (χ1v) is 7.17. The Kier molecular flexibility index (Phi) is 4.64. The number of fused-ring (bicyclic) bond motifs is 1. The zero-order valence-electron chi connectivity index (χ0n) is 13.3. The van der Waals surface area contributed by atoms with Gasteiger partial charge in [-0.25, -0.2) is 9.78 Å². The monoisotopic (exact) mass is 318 g/mol. The molecule has 0 radical (unpaired) electrons. The highest BCUT2D eigenvalue weighted by atomic mass is 16.2. The van der Waals surface area contributed by atoms with Crippen LogP contribution in [-0.2, 0) is 25.4 Å². The predicted octanol–water partition coefficient (Wildman–Crippen LogP) is -0.804. The lowest BCUT2D eigenvalue weighted by Gasteiger charge is -2.19. The van der Waals surface area contributed by atoms with Crippen LogP contribution >= 0.6 is 0 Å². The Morgan fingerprint density at radius 2 is 2.04 bits per heavy atom. The molecule has 23 heavy (non-hydrogen) atoms. The number of aromatic nitrogens is 4. The Balaban J connectivity index is 2.43. The van der Waals surface area contributed by atoms with Gasteiger partial charge in [0.15, 0.2) is 11.2 Å². The van der Waals surface area contributed by atoms with Crippen LogP contribution < -0.4 is 11.2 Å². The van der Waals surface area contributed by atoms with Gasteiger partial charge in [0.1, 0.15) is 6.54 Å². The van der Waals surface area contributed by atoms with Gasteiger partial charge < -0.3 is 9.47 Å². The van der Waals surface area contributed by atoms with Crippen LogP contribution in [0.3, 0.4) is 0 Å². The van der Waals surface area contributed by atoms with E-state index < -0.39 is 11.2 Å². The quantitative estimate of drug-likeness (QED) is 0.717. The molecule has 9 heteroatoms. The highest BCUT2D eigenvalue weighted by molar-refractivity contribution is 5.79. The van der Waals surface area contributed by atoms with Crippen LogP contribution in [0.2, 0.25) is 0 Å². The average molecular weight is 318 g/mol. The maximum atomic E-state index is 12.3. The van der Waals surface area contributed by atoms with Crippen LogP contribution in [0.1, 0.15) is 13.3 Å². The van der Waals surface area contributed by atoms with E-state index >= 15 is 0 Å². The molecule has 2 aromatic heterocycles. The molecule has 2 heterocycles. The zero-order chi connectivity index (χ0) is 17.1. The van der Waals surface area contributed by atoms with Crippen LogP contribution in [0.15, 0.2) is 15.9 Å². The van der Waals surface area contributed by atoms with Crippen molar-refractivity contribution in [2.24, 2.45) is 14.1 Å². The molecule has 0 spiro atoms. The summed E-state index contributed by atoms with van der Waals surface area (Å²) in [4.78, 5) is 42.1. The number of carbonyl (C=O) groups excluding carboxylic acids is 1. The molecule has 0 unspecified atom stereocenters. The van der Waals surface area contributed by atoms with E-state index in [1.54, 1.807) is 4.90 Å². The third-order valence-electron chi connectivity index (χ3n) is 3.75. The number of nitrogens with zero attached hydrogens (tertiary/aromatic N) is 6. The van der Waals surface area contributed by atoms with Crippen LogP contribution in [0, 0.1) is 11.3 Å². The van der Waals surface area contributed by atoms with Crippen LogP contribution in [-0.4, -0.2) is 42.6 Å². The normalized spacial score (nSPS) is 10.7. The van der Waals surface area contributed by atoms with Gasteiger partial charge in [-0.15, -0.1) is 0 Å². The zero-order valence-corrected chi connectivity index (χ0v) is 13.3. The molecule has 0 aliphatic carbocycles. The summed E-state index contributed by atoms with van der Waals surface area (Å²) in [7, 11) is 2.91. The van der Waals surface area contributed by atoms with Crippen LogP contribution in [0.4, 0.5) is 0 Å². The third kappa shape index (κ3) is 2.88. The molecule has 0 saturated heterocycles.